The molecule has 0 radical (unpaired) electrons. The fraction of sp³-hybridized carbons (Fsp3) is 0.462. The Morgan fingerprint density at radius 1 is 1.41 bits per heavy atom. The van der Waals surface area contributed by atoms with Crippen molar-refractivity contribution in [1.82, 2.24) is 5.32 Å². The molecule has 0 bridgehead atoms. The summed E-state index contributed by atoms with van der Waals surface area (Å²) < 4.78 is 13.5. The molecule has 4 heteroatoms. The van der Waals surface area contributed by atoms with Crippen molar-refractivity contribution >= 4 is 17.5 Å². The normalized spacial score (nSPS) is 11.4. The van der Waals surface area contributed by atoms with E-state index in [1.807, 2.05) is 20.8 Å². The average molecular weight is 258 g/mol. The monoisotopic (exact) mass is 257 g/mol. The molecule has 0 heterocycles. The lowest BCUT2D eigenvalue weighted by molar-refractivity contribution is -0.121. The van der Waals surface area contributed by atoms with Crippen LogP contribution in [-0.2, 0) is 11.2 Å². The summed E-state index contributed by atoms with van der Waals surface area (Å²) in [6, 6.07) is 3.16. The van der Waals surface area contributed by atoms with Gasteiger partial charge in [-0.2, -0.15) is 0 Å². The maximum Gasteiger partial charge on any atom is 0.224 e. The molecule has 0 aromatic heterocycles. The van der Waals surface area contributed by atoms with Crippen molar-refractivity contribution in [3.8, 4) is 0 Å². The maximum atomic E-state index is 13.5. The first kappa shape index (κ1) is 14.0. The van der Waals surface area contributed by atoms with Gasteiger partial charge < -0.3 is 5.32 Å². The van der Waals surface area contributed by atoms with E-state index in [-0.39, 0.29) is 22.9 Å². The van der Waals surface area contributed by atoms with Crippen LogP contribution >= 0.6 is 11.6 Å². The Morgan fingerprint density at radius 2 is 2.00 bits per heavy atom. The molecule has 0 aliphatic heterocycles. The predicted molar refractivity (Wildman–Crippen MR) is 67.7 cm³/mol. The highest BCUT2D eigenvalue weighted by Gasteiger charge is 2.16. The van der Waals surface area contributed by atoms with Gasteiger partial charge in [0, 0.05) is 5.54 Å². The summed E-state index contributed by atoms with van der Waals surface area (Å²) in [5.74, 6) is -0.574. The number of hydrogen-bond acceptors (Lipinski definition) is 1. The summed E-state index contributed by atoms with van der Waals surface area (Å²) in [7, 11) is 0. The third kappa shape index (κ3) is 4.00. The number of halogens is 2. The summed E-state index contributed by atoms with van der Waals surface area (Å²) in [5.41, 5.74) is 0.811. The van der Waals surface area contributed by atoms with E-state index in [1.54, 1.807) is 13.0 Å². The van der Waals surface area contributed by atoms with Crippen LogP contribution in [0, 0.1) is 12.7 Å². The van der Waals surface area contributed by atoms with Gasteiger partial charge in [0.05, 0.1) is 11.4 Å². The van der Waals surface area contributed by atoms with Gasteiger partial charge >= 0.3 is 0 Å². The minimum Gasteiger partial charge on any atom is -0.351 e. The van der Waals surface area contributed by atoms with Gasteiger partial charge in [0.25, 0.3) is 0 Å². The Morgan fingerprint density at radius 3 is 2.53 bits per heavy atom. The molecule has 0 atom stereocenters. The van der Waals surface area contributed by atoms with Crippen LogP contribution in [0.5, 0.6) is 0 Å². The third-order valence-electron chi connectivity index (χ3n) is 2.32. The largest absolute Gasteiger partial charge is 0.351 e. The van der Waals surface area contributed by atoms with Gasteiger partial charge in [0.2, 0.25) is 5.91 Å². The van der Waals surface area contributed by atoms with E-state index in [2.05, 4.69) is 5.32 Å². The average Bonchev–Trinajstić information content (AvgIpc) is 2.16. The van der Waals surface area contributed by atoms with Crippen LogP contribution in [0.15, 0.2) is 12.1 Å². The number of benzene rings is 1. The lowest BCUT2D eigenvalue weighted by atomic mass is 10.0. The summed E-state index contributed by atoms with van der Waals surface area (Å²) in [5, 5.41) is 2.92. The van der Waals surface area contributed by atoms with E-state index in [1.165, 1.54) is 6.07 Å². The number of amides is 1. The van der Waals surface area contributed by atoms with E-state index in [4.69, 9.17) is 11.6 Å². The minimum atomic E-state index is -0.451. The highest BCUT2D eigenvalue weighted by Crippen LogP contribution is 2.21. The maximum absolute atomic E-state index is 13.5. The molecule has 17 heavy (non-hydrogen) atoms. The molecule has 0 fully saturated rings. The van der Waals surface area contributed by atoms with Gasteiger partial charge in [0.1, 0.15) is 5.82 Å². The topological polar surface area (TPSA) is 29.1 Å². The Bertz CT molecular complexity index is 438. The van der Waals surface area contributed by atoms with Gasteiger partial charge in [-0.05, 0) is 44.9 Å². The van der Waals surface area contributed by atoms with Crippen molar-refractivity contribution in [2.75, 3.05) is 0 Å². The SMILES string of the molecule is Cc1c(CC(=O)NC(C)(C)C)ccc(Cl)c1F. The Kier molecular flexibility index (Phi) is 4.15. The molecule has 0 unspecified atom stereocenters. The van der Waals surface area contributed by atoms with Crippen LogP contribution < -0.4 is 5.32 Å². The molecule has 94 valence electrons. The number of carbonyl (C=O) groups excluding carboxylic acids is 1. The summed E-state index contributed by atoms with van der Waals surface area (Å²) in [6.45, 7) is 7.33. The molecule has 1 amide bonds. The smallest absolute Gasteiger partial charge is 0.224 e. The van der Waals surface area contributed by atoms with Gasteiger partial charge in [0.15, 0.2) is 0 Å². The van der Waals surface area contributed by atoms with Crippen LogP contribution in [0.25, 0.3) is 0 Å². The standard InChI is InChI=1S/C13H17ClFNO/c1-8-9(5-6-10(14)12(8)15)7-11(17)16-13(2,3)4/h5-6H,7H2,1-4H3,(H,16,17). The van der Waals surface area contributed by atoms with E-state index < -0.39 is 5.82 Å². The second-order valence-corrected chi connectivity index (χ2v) is 5.53. The molecule has 0 spiro atoms. The Balaban J connectivity index is 2.83. The highest BCUT2D eigenvalue weighted by molar-refractivity contribution is 6.30. The van der Waals surface area contributed by atoms with Gasteiger partial charge in [-0.25, -0.2) is 4.39 Å². The summed E-state index contributed by atoms with van der Waals surface area (Å²) in [6.07, 6.45) is 0.164. The van der Waals surface area contributed by atoms with E-state index in [9.17, 15) is 9.18 Å². The lowest BCUT2D eigenvalue weighted by Gasteiger charge is -2.20. The zero-order chi connectivity index (χ0) is 13.2. The number of carbonyl (C=O) groups is 1. The van der Waals surface area contributed by atoms with E-state index in [0.717, 1.165) is 0 Å². The number of nitrogens with one attached hydrogen (secondary N) is 1. The third-order valence-corrected chi connectivity index (χ3v) is 2.61. The van der Waals surface area contributed by atoms with Crippen molar-refractivity contribution < 1.29 is 9.18 Å². The first-order valence-electron chi connectivity index (χ1n) is 5.45. The zero-order valence-corrected chi connectivity index (χ0v) is 11.3. The summed E-state index contributed by atoms with van der Waals surface area (Å²) in [4.78, 5) is 11.7. The van der Waals surface area contributed by atoms with Crippen molar-refractivity contribution in [2.45, 2.75) is 39.7 Å². The lowest BCUT2D eigenvalue weighted by Crippen LogP contribution is -2.41. The number of hydrogen-bond donors (Lipinski definition) is 1. The van der Waals surface area contributed by atoms with Crippen LogP contribution in [0.4, 0.5) is 4.39 Å². The fourth-order valence-corrected chi connectivity index (χ4v) is 1.72. The molecule has 1 rings (SSSR count). The second-order valence-electron chi connectivity index (χ2n) is 5.12. The van der Waals surface area contributed by atoms with Crippen LogP contribution in [0.3, 0.4) is 0 Å². The summed E-state index contributed by atoms with van der Waals surface area (Å²) >= 11 is 5.65. The highest BCUT2D eigenvalue weighted by atomic mass is 35.5. The Labute approximate surface area is 106 Å². The van der Waals surface area contributed by atoms with E-state index >= 15 is 0 Å². The molecular weight excluding hydrogens is 241 g/mol. The van der Waals surface area contributed by atoms with Crippen molar-refractivity contribution in [2.24, 2.45) is 0 Å². The van der Waals surface area contributed by atoms with Crippen molar-refractivity contribution in [1.29, 1.82) is 0 Å². The van der Waals surface area contributed by atoms with Gasteiger partial charge in [-0.3, -0.25) is 4.79 Å². The molecule has 0 aliphatic rings. The molecule has 0 aliphatic carbocycles. The first-order valence-corrected chi connectivity index (χ1v) is 5.83. The predicted octanol–water partition coefficient (Wildman–Crippen LogP) is 3.24. The van der Waals surface area contributed by atoms with Crippen LogP contribution in [-0.4, -0.2) is 11.4 Å². The molecule has 2 nitrogen and oxygen atoms in total. The second kappa shape index (κ2) is 5.05. The quantitative estimate of drug-likeness (QED) is 0.866. The molecule has 1 N–H and O–H groups in total. The molecule has 0 saturated carbocycles. The number of rotatable bonds is 2. The van der Waals surface area contributed by atoms with Crippen molar-refractivity contribution in [3.05, 3.63) is 34.1 Å². The Hall–Kier alpha value is -1.09. The zero-order valence-electron chi connectivity index (χ0n) is 10.5. The van der Waals surface area contributed by atoms with Crippen LogP contribution in [0.2, 0.25) is 5.02 Å². The van der Waals surface area contributed by atoms with Crippen LogP contribution in [0.1, 0.15) is 31.9 Å². The minimum absolute atomic E-state index is 0.0856. The van der Waals surface area contributed by atoms with Gasteiger partial charge in [-0.1, -0.05) is 17.7 Å². The molecule has 1 aromatic rings. The van der Waals surface area contributed by atoms with Gasteiger partial charge in [-0.15, -0.1) is 0 Å². The fourth-order valence-electron chi connectivity index (χ4n) is 1.52. The molecule has 0 saturated heterocycles. The van der Waals surface area contributed by atoms with Crippen molar-refractivity contribution in [3.63, 3.8) is 0 Å². The molecule has 1 aromatic carbocycles. The van der Waals surface area contributed by atoms with E-state index in [0.29, 0.717) is 11.1 Å². The first-order chi connectivity index (χ1) is 7.70. The molecular formula is C13H17ClFNO.